The second-order valence-electron chi connectivity index (χ2n) is 9.11. The fourth-order valence-corrected chi connectivity index (χ4v) is 4.52. The van der Waals surface area contributed by atoms with Gasteiger partial charge in [0.05, 0.1) is 0 Å². The first-order valence-electron chi connectivity index (χ1n) is 12.4. The second kappa shape index (κ2) is 11.6. The molecule has 0 aliphatic carbocycles. The Labute approximate surface area is 205 Å². The largest absolute Gasteiger partial charge is 0.339 e. The van der Waals surface area contributed by atoms with Gasteiger partial charge in [-0.15, -0.1) is 0 Å². The highest BCUT2D eigenvalue weighted by atomic mass is 16.2. The van der Waals surface area contributed by atoms with Gasteiger partial charge in [0.15, 0.2) is 0 Å². The number of amides is 4. The summed E-state index contributed by atoms with van der Waals surface area (Å²) < 4.78 is 0. The van der Waals surface area contributed by atoms with E-state index < -0.39 is 0 Å². The molecule has 0 atom stereocenters. The van der Waals surface area contributed by atoms with Gasteiger partial charge in [-0.25, -0.2) is 0 Å². The molecule has 8 nitrogen and oxygen atoms in total. The molecule has 0 bridgehead atoms. The number of carbonyl (C=O) groups excluding carboxylic acids is 4. The summed E-state index contributed by atoms with van der Waals surface area (Å²) in [6.07, 6.45) is 4.86. The molecule has 2 aliphatic rings. The number of benzene rings is 2. The van der Waals surface area contributed by atoms with Crippen molar-refractivity contribution in [2.24, 2.45) is 0 Å². The van der Waals surface area contributed by atoms with E-state index in [0.29, 0.717) is 28.9 Å². The lowest BCUT2D eigenvalue weighted by Crippen LogP contribution is -2.27. The molecule has 2 saturated heterocycles. The SMILES string of the molecule is O=C(CCCC(=O)Nc1cccc(C(=O)N2CCCC2)c1)Nc1cccc(C(=O)N2CCCC2)c1. The Morgan fingerprint density at radius 3 is 1.43 bits per heavy atom. The molecule has 0 spiro atoms. The molecule has 2 heterocycles. The lowest BCUT2D eigenvalue weighted by Gasteiger charge is -2.16. The molecule has 2 aliphatic heterocycles. The van der Waals surface area contributed by atoms with Crippen LogP contribution in [0, 0.1) is 0 Å². The second-order valence-corrected chi connectivity index (χ2v) is 9.11. The minimum Gasteiger partial charge on any atom is -0.339 e. The van der Waals surface area contributed by atoms with Crippen molar-refractivity contribution in [3.05, 3.63) is 59.7 Å². The highest BCUT2D eigenvalue weighted by Crippen LogP contribution is 2.18. The highest BCUT2D eigenvalue weighted by molar-refractivity contribution is 5.98. The van der Waals surface area contributed by atoms with Gasteiger partial charge in [0, 0.05) is 61.5 Å². The number of hydrogen-bond donors (Lipinski definition) is 2. The van der Waals surface area contributed by atoms with Gasteiger partial charge in [0.1, 0.15) is 0 Å². The molecule has 0 unspecified atom stereocenters. The Morgan fingerprint density at radius 2 is 1.03 bits per heavy atom. The summed E-state index contributed by atoms with van der Waals surface area (Å²) in [5, 5.41) is 5.63. The average Bonchev–Trinajstić information content (AvgIpc) is 3.58. The van der Waals surface area contributed by atoms with Gasteiger partial charge in [-0.05, 0) is 68.5 Å². The molecule has 2 aromatic rings. The Morgan fingerprint density at radius 1 is 0.629 bits per heavy atom. The van der Waals surface area contributed by atoms with Crippen molar-refractivity contribution in [2.75, 3.05) is 36.8 Å². The zero-order valence-corrected chi connectivity index (χ0v) is 19.9. The molecule has 2 fully saturated rings. The van der Waals surface area contributed by atoms with Crippen LogP contribution >= 0.6 is 0 Å². The molecule has 35 heavy (non-hydrogen) atoms. The van der Waals surface area contributed by atoms with Crippen molar-refractivity contribution in [1.82, 2.24) is 9.80 Å². The number of anilines is 2. The van der Waals surface area contributed by atoms with E-state index in [1.165, 1.54) is 0 Å². The smallest absolute Gasteiger partial charge is 0.253 e. The molecular weight excluding hydrogens is 444 g/mol. The van der Waals surface area contributed by atoms with E-state index in [9.17, 15) is 19.2 Å². The maximum Gasteiger partial charge on any atom is 0.253 e. The molecule has 2 N–H and O–H groups in total. The molecule has 0 radical (unpaired) electrons. The molecular formula is C27H32N4O4. The summed E-state index contributed by atoms with van der Waals surface area (Å²) in [6, 6.07) is 13.9. The third-order valence-electron chi connectivity index (χ3n) is 6.38. The number of nitrogens with zero attached hydrogens (tertiary/aromatic N) is 2. The van der Waals surface area contributed by atoms with Gasteiger partial charge >= 0.3 is 0 Å². The van der Waals surface area contributed by atoms with Crippen molar-refractivity contribution in [3.63, 3.8) is 0 Å². The van der Waals surface area contributed by atoms with Gasteiger partial charge in [-0.2, -0.15) is 0 Å². The summed E-state index contributed by atoms with van der Waals surface area (Å²) in [5.41, 5.74) is 2.28. The van der Waals surface area contributed by atoms with Gasteiger partial charge in [-0.3, -0.25) is 19.2 Å². The molecule has 4 rings (SSSR count). The van der Waals surface area contributed by atoms with Crippen LogP contribution in [0.5, 0.6) is 0 Å². The molecule has 184 valence electrons. The fourth-order valence-electron chi connectivity index (χ4n) is 4.52. The quantitative estimate of drug-likeness (QED) is 0.604. The van der Waals surface area contributed by atoms with Crippen LogP contribution < -0.4 is 10.6 Å². The Kier molecular flexibility index (Phi) is 8.13. The van der Waals surface area contributed by atoms with E-state index >= 15 is 0 Å². The van der Waals surface area contributed by atoms with E-state index in [1.807, 2.05) is 9.80 Å². The standard InChI is InChI=1S/C27H32N4O4/c32-24(28-22-10-5-8-20(18-22)26(34)30-14-1-2-15-30)12-7-13-25(33)29-23-11-6-9-21(19-23)27(35)31-16-3-4-17-31/h5-6,8-11,18-19H,1-4,7,12-17H2,(H,28,32)(H,29,33). The molecule has 4 amide bonds. The Bertz CT molecular complexity index is 1000. The first-order valence-corrected chi connectivity index (χ1v) is 12.4. The Hall–Kier alpha value is -3.68. The molecule has 0 aromatic heterocycles. The summed E-state index contributed by atoms with van der Waals surface area (Å²) in [4.78, 5) is 53.5. The maximum atomic E-state index is 12.6. The van der Waals surface area contributed by atoms with Gasteiger partial charge in [-0.1, -0.05) is 12.1 Å². The monoisotopic (exact) mass is 476 g/mol. The van der Waals surface area contributed by atoms with E-state index in [0.717, 1.165) is 51.9 Å². The van der Waals surface area contributed by atoms with Crippen LogP contribution in [-0.2, 0) is 9.59 Å². The minimum absolute atomic E-state index is 0.0125. The number of rotatable bonds is 8. The van der Waals surface area contributed by atoms with Gasteiger partial charge in [0.2, 0.25) is 11.8 Å². The van der Waals surface area contributed by atoms with E-state index in [1.54, 1.807) is 48.5 Å². The van der Waals surface area contributed by atoms with Crippen LogP contribution in [0.25, 0.3) is 0 Å². The van der Waals surface area contributed by atoms with Crippen LogP contribution in [0.3, 0.4) is 0 Å². The third kappa shape index (κ3) is 6.68. The Balaban J connectivity index is 1.21. The molecule has 8 heteroatoms. The summed E-state index contributed by atoms with van der Waals surface area (Å²) in [7, 11) is 0. The molecule has 2 aromatic carbocycles. The predicted octanol–water partition coefficient (Wildman–Crippen LogP) is 3.91. The zero-order valence-electron chi connectivity index (χ0n) is 19.9. The minimum atomic E-state index is -0.207. The first kappa shape index (κ1) is 24.4. The van der Waals surface area contributed by atoms with Crippen LogP contribution in [0.15, 0.2) is 48.5 Å². The zero-order chi connectivity index (χ0) is 24.6. The number of hydrogen-bond acceptors (Lipinski definition) is 4. The summed E-state index contributed by atoms with van der Waals surface area (Å²) in [5.74, 6) is -0.438. The normalized spacial score (nSPS) is 15.2. The van der Waals surface area contributed by atoms with Crippen LogP contribution in [0.1, 0.15) is 65.7 Å². The average molecular weight is 477 g/mol. The fraction of sp³-hybridized carbons (Fsp3) is 0.407. The first-order chi connectivity index (χ1) is 17.0. The van der Waals surface area contributed by atoms with Crippen molar-refractivity contribution < 1.29 is 19.2 Å². The lowest BCUT2D eigenvalue weighted by molar-refractivity contribution is -0.117. The molecule has 0 saturated carbocycles. The van der Waals surface area contributed by atoms with Crippen LogP contribution in [0.4, 0.5) is 11.4 Å². The van der Waals surface area contributed by atoms with Crippen molar-refractivity contribution in [2.45, 2.75) is 44.9 Å². The van der Waals surface area contributed by atoms with Crippen molar-refractivity contribution >= 4 is 35.0 Å². The number of likely N-dealkylation sites (tertiary alicyclic amines) is 2. The van der Waals surface area contributed by atoms with Crippen molar-refractivity contribution in [1.29, 1.82) is 0 Å². The van der Waals surface area contributed by atoms with Gasteiger partial charge in [0.25, 0.3) is 11.8 Å². The number of carbonyl (C=O) groups is 4. The number of nitrogens with one attached hydrogen (secondary N) is 2. The third-order valence-corrected chi connectivity index (χ3v) is 6.38. The summed E-state index contributed by atoms with van der Waals surface area (Å²) >= 11 is 0. The van der Waals surface area contributed by atoms with E-state index in [2.05, 4.69) is 10.6 Å². The van der Waals surface area contributed by atoms with Gasteiger partial charge < -0.3 is 20.4 Å². The van der Waals surface area contributed by atoms with E-state index in [4.69, 9.17) is 0 Å². The predicted molar refractivity (Wildman–Crippen MR) is 134 cm³/mol. The van der Waals surface area contributed by atoms with Crippen LogP contribution in [0.2, 0.25) is 0 Å². The topological polar surface area (TPSA) is 98.8 Å². The highest BCUT2D eigenvalue weighted by Gasteiger charge is 2.21. The van der Waals surface area contributed by atoms with E-state index in [-0.39, 0.29) is 36.5 Å². The maximum absolute atomic E-state index is 12.6. The van der Waals surface area contributed by atoms with Crippen molar-refractivity contribution in [3.8, 4) is 0 Å². The lowest BCUT2D eigenvalue weighted by atomic mass is 10.1. The summed E-state index contributed by atoms with van der Waals surface area (Å²) in [6.45, 7) is 3.10. The van der Waals surface area contributed by atoms with Crippen LogP contribution in [-0.4, -0.2) is 59.6 Å².